The monoisotopic (exact) mass is 367 g/mol. The van der Waals surface area contributed by atoms with Crippen LogP contribution in [0.5, 0.6) is 0 Å². The molecule has 1 heterocycles. The largest absolute Gasteiger partial charge is 0.384 e. The Hall–Kier alpha value is -1.50. The zero-order valence-corrected chi connectivity index (χ0v) is 16.4. The van der Waals surface area contributed by atoms with Crippen molar-refractivity contribution in [2.24, 2.45) is 5.92 Å². The van der Waals surface area contributed by atoms with Crippen molar-refractivity contribution in [2.75, 3.05) is 33.9 Å². The molecule has 1 atom stereocenters. The minimum Gasteiger partial charge on any atom is -0.384 e. The first kappa shape index (κ1) is 21.5. The summed E-state index contributed by atoms with van der Waals surface area (Å²) >= 11 is -1.45. The van der Waals surface area contributed by atoms with Crippen LogP contribution >= 0.6 is 0 Å². The topological polar surface area (TPSA) is 55.8 Å². The molecular weight excluding hydrogens is 338 g/mol. The van der Waals surface area contributed by atoms with Gasteiger partial charge in [-0.05, 0) is 55.9 Å². The number of rotatable bonds is 8. The summed E-state index contributed by atoms with van der Waals surface area (Å²) in [6, 6.07) is 0. The predicted octanol–water partition coefficient (Wildman–Crippen LogP) is 3.14. The van der Waals surface area contributed by atoms with Crippen molar-refractivity contribution in [1.82, 2.24) is 4.90 Å². The van der Waals surface area contributed by atoms with Crippen LogP contribution in [-0.4, -0.2) is 48.9 Å². The van der Waals surface area contributed by atoms with Crippen LogP contribution in [-0.2, 0) is 24.8 Å². The van der Waals surface area contributed by atoms with Gasteiger partial charge in [-0.1, -0.05) is 12.7 Å². The standard InChI is InChI=1S/C19H29NO4S/c1-6-18(9-12-25(22)24-5)15(2)13-16(3)19(21)20-10-7-17(8-11-20)14-23-4/h6,9,12-13,17H,3,7-8,10-11,14H2,1-2,4-5H3/b12-9+,15-13-,18-6+. The molecular formula is C19H29NO4S. The number of nitrogens with zero attached hydrogens (tertiary/aromatic N) is 1. The molecule has 1 aliphatic rings. The molecule has 25 heavy (non-hydrogen) atoms. The first-order chi connectivity index (χ1) is 11.9. The van der Waals surface area contributed by atoms with E-state index in [9.17, 15) is 9.00 Å². The third kappa shape index (κ3) is 7.10. The van der Waals surface area contributed by atoms with Gasteiger partial charge in [0.05, 0.1) is 7.11 Å². The Kier molecular flexibility index (Phi) is 9.63. The Bertz CT molecular complexity index is 584. The van der Waals surface area contributed by atoms with Crippen LogP contribution in [0, 0.1) is 5.92 Å². The Morgan fingerprint density at radius 3 is 2.48 bits per heavy atom. The van der Waals surface area contributed by atoms with Crippen LogP contribution in [0.4, 0.5) is 0 Å². The van der Waals surface area contributed by atoms with Crippen LogP contribution < -0.4 is 0 Å². The van der Waals surface area contributed by atoms with Crippen LogP contribution in [0.25, 0.3) is 0 Å². The maximum Gasteiger partial charge on any atom is 0.253 e. The maximum atomic E-state index is 12.6. The Balaban J connectivity index is 2.69. The maximum absolute atomic E-state index is 12.6. The highest BCUT2D eigenvalue weighted by molar-refractivity contribution is 7.83. The second kappa shape index (κ2) is 11.2. The lowest BCUT2D eigenvalue weighted by Crippen LogP contribution is -2.39. The number of piperidine rings is 1. The second-order valence-electron chi connectivity index (χ2n) is 6.02. The van der Waals surface area contributed by atoms with E-state index in [1.807, 2.05) is 24.8 Å². The van der Waals surface area contributed by atoms with Crippen molar-refractivity contribution < 1.29 is 17.9 Å². The van der Waals surface area contributed by atoms with Gasteiger partial charge in [-0.15, -0.1) is 0 Å². The predicted molar refractivity (Wildman–Crippen MR) is 102 cm³/mol. The normalized spacial score (nSPS) is 18.6. The first-order valence-corrected chi connectivity index (χ1v) is 9.52. The fourth-order valence-corrected chi connectivity index (χ4v) is 3.16. The van der Waals surface area contributed by atoms with Gasteiger partial charge < -0.3 is 9.64 Å². The molecule has 0 aromatic heterocycles. The van der Waals surface area contributed by atoms with E-state index >= 15 is 0 Å². The number of hydrogen-bond acceptors (Lipinski definition) is 4. The molecule has 0 aromatic rings. The van der Waals surface area contributed by atoms with Gasteiger partial charge in [0, 0.05) is 37.8 Å². The molecule has 0 saturated carbocycles. The zero-order valence-electron chi connectivity index (χ0n) is 15.6. The molecule has 6 heteroatoms. The summed E-state index contributed by atoms with van der Waals surface area (Å²) in [6.45, 7) is 9.94. The summed E-state index contributed by atoms with van der Waals surface area (Å²) in [6.07, 6.45) is 7.31. The highest BCUT2D eigenvalue weighted by atomic mass is 32.2. The summed E-state index contributed by atoms with van der Waals surface area (Å²) in [5, 5.41) is 1.47. The van der Waals surface area contributed by atoms with Gasteiger partial charge in [0.25, 0.3) is 5.91 Å². The average Bonchev–Trinajstić information content (AvgIpc) is 2.62. The zero-order chi connectivity index (χ0) is 18.8. The number of carbonyl (C=O) groups is 1. The van der Waals surface area contributed by atoms with Crippen molar-refractivity contribution in [3.05, 3.63) is 46.9 Å². The van der Waals surface area contributed by atoms with E-state index in [-0.39, 0.29) is 5.91 Å². The van der Waals surface area contributed by atoms with Crippen molar-refractivity contribution in [3.63, 3.8) is 0 Å². The minimum absolute atomic E-state index is 0.0323. The van der Waals surface area contributed by atoms with Gasteiger partial charge in [-0.25, -0.2) is 4.21 Å². The molecule has 0 aliphatic carbocycles. The van der Waals surface area contributed by atoms with E-state index in [2.05, 4.69) is 6.58 Å². The molecule has 1 saturated heterocycles. The number of allylic oxidation sites excluding steroid dienone is 4. The number of methoxy groups -OCH3 is 1. The lowest BCUT2D eigenvalue weighted by molar-refractivity contribution is -0.128. The van der Waals surface area contributed by atoms with E-state index < -0.39 is 11.1 Å². The molecule has 0 spiro atoms. The molecule has 0 aromatic carbocycles. The number of likely N-dealkylation sites (tertiary alicyclic amines) is 1. The minimum atomic E-state index is -1.45. The lowest BCUT2D eigenvalue weighted by atomic mass is 9.97. The van der Waals surface area contributed by atoms with Crippen molar-refractivity contribution in [1.29, 1.82) is 0 Å². The summed E-state index contributed by atoms with van der Waals surface area (Å²) in [5.41, 5.74) is 2.22. The van der Waals surface area contributed by atoms with Gasteiger partial charge in [0.1, 0.15) is 0 Å². The van der Waals surface area contributed by atoms with Crippen molar-refractivity contribution in [3.8, 4) is 0 Å². The van der Waals surface area contributed by atoms with Gasteiger partial charge in [-0.3, -0.25) is 8.98 Å². The quantitative estimate of drug-likeness (QED) is 0.488. The lowest BCUT2D eigenvalue weighted by Gasteiger charge is -2.31. The molecule has 1 fully saturated rings. The Morgan fingerprint density at radius 2 is 1.96 bits per heavy atom. The molecule has 140 valence electrons. The Morgan fingerprint density at radius 1 is 1.32 bits per heavy atom. The fraction of sp³-hybridized carbons (Fsp3) is 0.526. The van der Waals surface area contributed by atoms with Gasteiger partial charge in [0.2, 0.25) is 0 Å². The molecule has 1 amide bonds. The molecule has 0 bridgehead atoms. The molecule has 0 radical (unpaired) electrons. The second-order valence-corrected chi connectivity index (χ2v) is 7.14. The fourth-order valence-electron chi connectivity index (χ4n) is 2.79. The smallest absolute Gasteiger partial charge is 0.253 e. The number of ether oxygens (including phenoxy) is 1. The number of carbonyl (C=O) groups excluding carboxylic acids is 1. The van der Waals surface area contributed by atoms with E-state index in [4.69, 9.17) is 8.92 Å². The number of hydrogen-bond donors (Lipinski definition) is 0. The number of amides is 1. The average molecular weight is 368 g/mol. The summed E-state index contributed by atoms with van der Waals surface area (Å²) in [5.74, 6) is 0.496. The van der Waals surface area contributed by atoms with Crippen molar-refractivity contribution in [2.45, 2.75) is 26.7 Å². The first-order valence-electron chi connectivity index (χ1n) is 8.38. The third-order valence-corrected chi connectivity index (χ3v) is 4.95. The van der Waals surface area contributed by atoms with Crippen LogP contribution in [0.2, 0.25) is 0 Å². The van der Waals surface area contributed by atoms with E-state index in [1.165, 1.54) is 12.5 Å². The highest BCUT2D eigenvalue weighted by Gasteiger charge is 2.23. The molecule has 0 N–H and O–H groups in total. The van der Waals surface area contributed by atoms with E-state index in [0.717, 1.165) is 43.7 Å². The molecule has 1 unspecified atom stereocenters. The van der Waals surface area contributed by atoms with Gasteiger partial charge in [0.15, 0.2) is 11.1 Å². The van der Waals surface area contributed by atoms with Crippen LogP contribution in [0.1, 0.15) is 26.7 Å². The highest BCUT2D eigenvalue weighted by Crippen LogP contribution is 2.20. The molecule has 1 rings (SSSR count). The molecule has 1 aliphatic heterocycles. The summed E-state index contributed by atoms with van der Waals surface area (Å²) < 4.78 is 21.2. The molecule has 5 nitrogen and oxygen atoms in total. The van der Waals surface area contributed by atoms with Crippen molar-refractivity contribution >= 4 is 17.0 Å². The van der Waals surface area contributed by atoms with E-state index in [1.54, 1.807) is 19.3 Å². The summed E-state index contributed by atoms with van der Waals surface area (Å²) in [7, 11) is 3.09. The van der Waals surface area contributed by atoms with E-state index in [0.29, 0.717) is 11.5 Å². The Labute approximate surface area is 153 Å². The van der Waals surface area contributed by atoms with Gasteiger partial charge in [-0.2, -0.15) is 0 Å². The van der Waals surface area contributed by atoms with Gasteiger partial charge >= 0.3 is 0 Å². The third-order valence-electron chi connectivity index (χ3n) is 4.26. The van der Waals surface area contributed by atoms with Crippen LogP contribution in [0.15, 0.2) is 46.9 Å². The summed E-state index contributed by atoms with van der Waals surface area (Å²) in [4.78, 5) is 14.4. The SMILES string of the molecule is C=C(\C=C(C)/C(/C=C/S(=O)OC)=C/C)C(=O)N1CCC(COC)CC1. The van der Waals surface area contributed by atoms with Crippen LogP contribution in [0.3, 0.4) is 0 Å².